The molecule has 0 radical (unpaired) electrons. The van der Waals surface area contributed by atoms with E-state index in [1.54, 1.807) is 0 Å². The van der Waals surface area contributed by atoms with E-state index in [9.17, 15) is 5.11 Å². The van der Waals surface area contributed by atoms with Gasteiger partial charge in [0, 0.05) is 0 Å². The van der Waals surface area contributed by atoms with Gasteiger partial charge >= 0.3 is 0 Å². The van der Waals surface area contributed by atoms with Crippen LogP contribution in [0.5, 0.6) is 0 Å². The van der Waals surface area contributed by atoms with Crippen LogP contribution in [0.4, 0.5) is 0 Å². The summed E-state index contributed by atoms with van der Waals surface area (Å²) in [5, 5.41) is 10.8. The van der Waals surface area contributed by atoms with E-state index in [2.05, 4.69) is 20.8 Å². The molecule has 1 N–H and O–H groups in total. The average molecular weight is 238 g/mol. The summed E-state index contributed by atoms with van der Waals surface area (Å²) in [5.74, 6) is 1.94. The number of rotatable bonds is 3. The fourth-order valence-electron chi connectivity index (χ4n) is 4.48. The molecule has 0 spiro atoms. The Balaban J connectivity index is 2.04. The molecule has 1 heteroatoms. The minimum Gasteiger partial charge on any atom is -0.393 e. The Kier molecular flexibility index (Phi) is 4.18. The van der Waals surface area contributed by atoms with Crippen LogP contribution in [0.1, 0.15) is 72.1 Å². The minimum atomic E-state index is -0.0299. The second-order valence-corrected chi connectivity index (χ2v) is 7.09. The lowest BCUT2D eigenvalue weighted by Gasteiger charge is -2.41. The summed E-state index contributed by atoms with van der Waals surface area (Å²) in [7, 11) is 0. The Morgan fingerprint density at radius 2 is 1.82 bits per heavy atom. The first-order valence-corrected chi connectivity index (χ1v) is 7.74. The van der Waals surface area contributed by atoms with Gasteiger partial charge in [-0.2, -0.15) is 0 Å². The summed E-state index contributed by atoms with van der Waals surface area (Å²) < 4.78 is 0. The number of aliphatic hydroxyl groups is 1. The van der Waals surface area contributed by atoms with Gasteiger partial charge in [0.05, 0.1) is 6.10 Å². The van der Waals surface area contributed by atoms with E-state index in [0.29, 0.717) is 17.3 Å². The minimum absolute atomic E-state index is 0.0299. The Morgan fingerprint density at radius 1 is 1.12 bits per heavy atom. The smallest absolute Gasteiger partial charge is 0.0604 e. The molecule has 2 rings (SSSR count). The first-order chi connectivity index (χ1) is 8.06. The molecule has 4 atom stereocenters. The van der Waals surface area contributed by atoms with Crippen LogP contribution in [0.25, 0.3) is 0 Å². The van der Waals surface area contributed by atoms with E-state index in [1.165, 1.54) is 51.4 Å². The largest absolute Gasteiger partial charge is 0.393 e. The molecule has 4 unspecified atom stereocenters. The zero-order valence-corrected chi connectivity index (χ0v) is 11.9. The summed E-state index contributed by atoms with van der Waals surface area (Å²) in [6, 6.07) is 0. The van der Waals surface area contributed by atoms with Crippen LogP contribution < -0.4 is 0 Å². The van der Waals surface area contributed by atoms with Gasteiger partial charge < -0.3 is 5.11 Å². The van der Waals surface area contributed by atoms with Gasteiger partial charge in [-0.15, -0.1) is 0 Å². The maximum atomic E-state index is 10.8. The molecule has 0 aromatic heterocycles. The highest BCUT2D eigenvalue weighted by Crippen LogP contribution is 2.48. The molecule has 2 fully saturated rings. The van der Waals surface area contributed by atoms with Crippen molar-refractivity contribution in [1.82, 2.24) is 0 Å². The van der Waals surface area contributed by atoms with Crippen molar-refractivity contribution in [3.8, 4) is 0 Å². The maximum absolute atomic E-state index is 10.8. The molecule has 2 saturated carbocycles. The van der Waals surface area contributed by atoms with Crippen molar-refractivity contribution in [1.29, 1.82) is 0 Å². The Bertz CT molecular complexity index is 246. The van der Waals surface area contributed by atoms with E-state index in [0.717, 1.165) is 5.92 Å². The summed E-state index contributed by atoms with van der Waals surface area (Å²) in [5.41, 5.74) is 0.370. The lowest BCUT2D eigenvalue weighted by Crippen LogP contribution is -2.39. The van der Waals surface area contributed by atoms with Gasteiger partial charge in [-0.3, -0.25) is 0 Å². The quantitative estimate of drug-likeness (QED) is 0.773. The Morgan fingerprint density at radius 3 is 2.41 bits per heavy atom. The molecule has 0 aromatic carbocycles. The molecular formula is C16H30O. The molecule has 0 saturated heterocycles. The zero-order chi connectivity index (χ0) is 12.5. The monoisotopic (exact) mass is 238 g/mol. The highest BCUT2D eigenvalue weighted by atomic mass is 16.3. The molecule has 0 bridgehead atoms. The highest BCUT2D eigenvalue weighted by molar-refractivity contribution is 4.93. The maximum Gasteiger partial charge on any atom is 0.0604 e. The topological polar surface area (TPSA) is 20.2 Å². The van der Waals surface area contributed by atoms with E-state index < -0.39 is 0 Å². The predicted octanol–water partition coefficient (Wildman–Crippen LogP) is 4.39. The lowest BCUT2D eigenvalue weighted by molar-refractivity contribution is -0.0265. The second kappa shape index (κ2) is 5.30. The fourth-order valence-corrected chi connectivity index (χ4v) is 4.48. The van der Waals surface area contributed by atoms with Gasteiger partial charge in [0.1, 0.15) is 0 Å². The molecule has 17 heavy (non-hydrogen) atoms. The summed E-state index contributed by atoms with van der Waals surface area (Å²) >= 11 is 0. The molecule has 0 heterocycles. The van der Waals surface area contributed by atoms with E-state index in [1.807, 2.05) is 0 Å². The standard InChI is InChI=1S/C16H30O/c1-4-12-8-5-6-9-13(12)15(17)14-10-7-11-16(14,2)3/h12-15,17H,4-11H2,1-3H3. The molecule has 100 valence electrons. The van der Waals surface area contributed by atoms with E-state index >= 15 is 0 Å². The SMILES string of the molecule is CCC1CCCCC1C(O)C1CCCC1(C)C. The number of hydrogen-bond donors (Lipinski definition) is 1. The first-order valence-electron chi connectivity index (χ1n) is 7.74. The molecule has 2 aliphatic rings. The normalized spacial score (nSPS) is 39.2. The molecule has 0 amide bonds. The van der Waals surface area contributed by atoms with Crippen LogP contribution in [-0.4, -0.2) is 11.2 Å². The third kappa shape index (κ3) is 2.70. The van der Waals surface area contributed by atoms with E-state index in [4.69, 9.17) is 0 Å². The molecule has 0 aromatic rings. The fraction of sp³-hybridized carbons (Fsp3) is 1.00. The van der Waals surface area contributed by atoms with Gasteiger partial charge in [-0.05, 0) is 42.4 Å². The third-order valence-corrected chi connectivity index (χ3v) is 5.68. The van der Waals surface area contributed by atoms with E-state index in [-0.39, 0.29) is 6.10 Å². The molecular weight excluding hydrogens is 208 g/mol. The first kappa shape index (κ1) is 13.4. The Hall–Kier alpha value is -0.0400. The molecule has 0 aliphatic heterocycles. The average Bonchev–Trinajstić information content (AvgIpc) is 2.68. The zero-order valence-electron chi connectivity index (χ0n) is 11.9. The van der Waals surface area contributed by atoms with Gasteiger partial charge in [0.15, 0.2) is 0 Å². The number of aliphatic hydroxyl groups excluding tert-OH is 1. The lowest BCUT2D eigenvalue weighted by atomic mass is 9.67. The highest BCUT2D eigenvalue weighted by Gasteiger charge is 2.43. The van der Waals surface area contributed by atoms with Gasteiger partial charge in [-0.25, -0.2) is 0 Å². The molecule has 1 nitrogen and oxygen atoms in total. The van der Waals surface area contributed by atoms with Crippen molar-refractivity contribution < 1.29 is 5.11 Å². The number of hydrogen-bond acceptors (Lipinski definition) is 1. The van der Waals surface area contributed by atoms with Crippen LogP contribution in [0.15, 0.2) is 0 Å². The predicted molar refractivity (Wildman–Crippen MR) is 72.9 cm³/mol. The summed E-state index contributed by atoms with van der Waals surface area (Å²) in [6.07, 6.45) is 10.4. The Labute approximate surface area is 107 Å². The van der Waals surface area contributed by atoms with Crippen molar-refractivity contribution in [2.45, 2.75) is 78.2 Å². The van der Waals surface area contributed by atoms with Crippen molar-refractivity contribution in [3.05, 3.63) is 0 Å². The van der Waals surface area contributed by atoms with Crippen LogP contribution >= 0.6 is 0 Å². The van der Waals surface area contributed by atoms with Crippen LogP contribution in [0.2, 0.25) is 0 Å². The van der Waals surface area contributed by atoms with Crippen LogP contribution in [0, 0.1) is 23.2 Å². The van der Waals surface area contributed by atoms with Crippen LogP contribution in [0.3, 0.4) is 0 Å². The van der Waals surface area contributed by atoms with Crippen molar-refractivity contribution in [3.63, 3.8) is 0 Å². The van der Waals surface area contributed by atoms with Gasteiger partial charge in [-0.1, -0.05) is 52.9 Å². The van der Waals surface area contributed by atoms with Crippen molar-refractivity contribution in [2.24, 2.45) is 23.2 Å². The third-order valence-electron chi connectivity index (χ3n) is 5.68. The van der Waals surface area contributed by atoms with Crippen LogP contribution in [-0.2, 0) is 0 Å². The van der Waals surface area contributed by atoms with Gasteiger partial charge in [0.2, 0.25) is 0 Å². The van der Waals surface area contributed by atoms with Crippen molar-refractivity contribution >= 4 is 0 Å². The second-order valence-electron chi connectivity index (χ2n) is 7.09. The summed E-state index contributed by atoms with van der Waals surface area (Å²) in [6.45, 7) is 7.02. The van der Waals surface area contributed by atoms with Crippen molar-refractivity contribution in [2.75, 3.05) is 0 Å². The van der Waals surface area contributed by atoms with Gasteiger partial charge in [0.25, 0.3) is 0 Å². The summed E-state index contributed by atoms with van der Waals surface area (Å²) in [4.78, 5) is 0. The molecule has 2 aliphatic carbocycles.